The Hall–Kier alpha value is -2.60. The summed E-state index contributed by atoms with van der Waals surface area (Å²) in [5.41, 5.74) is 8.60. The minimum atomic E-state index is 0.0988. The van der Waals surface area contributed by atoms with E-state index in [0.717, 1.165) is 11.1 Å². The lowest BCUT2D eigenvalue weighted by Gasteiger charge is -2.05. The van der Waals surface area contributed by atoms with E-state index in [1.54, 1.807) is 22.9 Å². The van der Waals surface area contributed by atoms with Crippen LogP contribution in [-0.2, 0) is 13.5 Å². The summed E-state index contributed by atoms with van der Waals surface area (Å²) in [6.45, 7) is 0. The highest BCUT2D eigenvalue weighted by atomic mass is 35.5. The third-order valence-electron chi connectivity index (χ3n) is 3.23. The van der Waals surface area contributed by atoms with Crippen molar-refractivity contribution in [2.75, 3.05) is 5.73 Å². The smallest absolute Gasteiger partial charge is 0.222 e. The molecule has 2 heterocycles. The summed E-state index contributed by atoms with van der Waals surface area (Å²) in [4.78, 5) is 8.04. The van der Waals surface area contributed by atoms with Crippen LogP contribution < -0.4 is 5.73 Å². The van der Waals surface area contributed by atoms with Crippen molar-refractivity contribution < 1.29 is 5.11 Å². The fourth-order valence-corrected chi connectivity index (χ4v) is 2.49. The maximum atomic E-state index is 9.93. The van der Waals surface area contributed by atoms with Crippen molar-refractivity contribution in [1.82, 2.24) is 19.7 Å². The standard InChI is InChI=1S/C15H14ClN5O/c1-21-8-10(6-9-4-2-3-5-12(9)22)14(20-21)11-7-13(16)19-15(17)18-11/h2-5,7-8,22H,6H2,1H3,(H2,17,18,19). The minimum Gasteiger partial charge on any atom is -0.508 e. The Bertz CT molecular complexity index is 810. The summed E-state index contributed by atoms with van der Waals surface area (Å²) in [6.07, 6.45) is 2.41. The molecule has 0 saturated heterocycles. The number of nitrogens with zero attached hydrogens (tertiary/aromatic N) is 4. The van der Waals surface area contributed by atoms with Gasteiger partial charge >= 0.3 is 0 Å². The van der Waals surface area contributed by atoms with E-state index in [2.05, 4.69) is 15.1 Å². The number of phenolic OH excluding ortho intramolecular Hbond substituents is 1. The van der Waals surface area contributed by atoms with Crippen LogP contribution in [0, 0.1) is 0 Å². The van der Waals surface area contributed by atoms with Crippen molar-refractivity contribution in [3.63, 3.8) is 0 Å². The molecule has 0 bridgehead atoms. The van der Waals surface area contributed by atoms with Gasteiger partial charge in [-0.05, 0) is 11.6 Å². The first-order chi connectivity index (χ1) is 10.5. The Morgan fingerprint density at radius 2 is 2.00 bits per heavy atom. The number of hydrogen-bond donors (Lipinski definition) is 2. The summed E-state index contributed by atoms with van der Waals surface area (Å²) in [5, 5.41) is 14.6. The van der Waals surface area contributed by atoms with Gasteiger partial charge < -0.3 is 10.8 Å². The lowest BCUT2D eigenvalue weighted by molar-refractivity contribution is 0.469. The van der Waals surface area contributed by atoms with Gasteiger partial charge in [-0.15, -0.1) is 0 Å². The summed E-state index contributed by atoms with van der Waals surface area (Å²) < 4.78 is 1.69. The monoisotopic (exact) mass is 315 g/mol. The van der Waals surface area contributed by atoms with E-state index in [4.69, 9.17) is 17.3 Å². The van der Waals surface area contributed by atoms with Crippen LogP contribution in [0.4, 0.5) is 5.95 Å². The number of aromatic hydroxyl groups is 1. The number of phenols is 1. The number of halogens is 1. The van der Waals surface area contributed by atoms with E-state index in [0.29, 0.717) is 17.8 Å². The summed E-state index contributed by atoms with van der Waals surface area (Å²) >= 11 is 5.94. The first-order valence-corrected chi connectivity index (χ1v) is 7.00. The third kappa shape index (κ3) is 2.87. The maximum Gasteiger partial charge on any atom is 0.222 e. The second-order valence-electron chi connectivity index (χ2n) is 4.92. The number of benzene rings is 1. The van der Waals surface area contributed by atoms with Gasteiger partial charge in [-0.1, -0.05) is 29.8 Å². The lowest BCUT2D eigenvalue weighted by atomic mass is 10.0. The lowest BCUT2D eigenvalue weighted by Crippen LogP contribution is -1.99. The number of nitrogens with two attached hydrogens (primary N) is 1. The zero-order valence-corrected chi connectivity index (χ0v) is 12.6. The molecule has 0 unspecified atom stereocenters. The molecule has 0 spiro atoms. The molecule has 1 aromatic carbocycles. The molecule has 6 nitrogen and oxygen atoms in total. The molecule has 0 fully saturated rings. The Labute approximate surface area is 132 Å². The van der Waals surface area contributed by atoms with Crippen LogP contribution in [0.15, 0.2) is 36.5 Å². The molecular formula is C15H14ClN5O. The zero-order chi connectivity index (χ0) is 15.7. The van der Waals surface area contributed by atoms with Gasteiger partial charge in [-0.3, -0.25) is 4.68 Å². The molecule has 0 atom stereocenters. The van der Waals surface area contributed by atoms with Crippen molar-refractivity contribution >= 4 is 17.5 Å². The number of nitrogen functional groups attached to an aromatic ring is 1. The number of rotatable bonds is 3. The van der Waals surface area contributed by atoms with Gasteiger partial charge in [-0.25, -0.2) is 9.97 Å². The van der Waals surface area contributed by atoms with E-state index < -0.39 is 0 Å². The normalized spacial score (nSPS) is 10.8. The Morgan fingerprint density at radius 1 is 1.23 bits per heavy atom. The summed E-state index contributed by atoms with van der Waals surface area (Å²) in [7, 11) is 1.82. The molecule has 0 saturated carbocycles. The van der Waals surface area contributed by atoms with Crippen LogP contribution in [0.5, 0.6) is 5.75 Å². The first kappa shape index (κ1) is 14.3. The van der Waals surface area contributed by atoms with E-state index >= 15 is 0 Å². The largest absolute Gasteiger partial charge is 0.508 e. The predicted octanol–water partition coefficient (Wildman–Crippen LogP) is 2.41. The topological polar surface area (TPSA) is 89.8 Å². The highest BCUT2D eigenvalue weighted by molar-refractivity contribution is 6.29. The quantitative estimate of drug-likeness (QED) is 0.724. The molecule has 3 aromatic rings. The fraction of sp³-hybridized carbons (Fsp3) is 0.133. The van der Waals surface area contributed by atoms with E-state index in [-0.39, 0.29) is 16.9 Å². The average molecular weight is 316 g/mol. The van der Waals surface area contributed by atoms with Crippen LogP contribution in [0.3, 0.4) is 0 Å². The Balaban J connectivity index is 2.05. The molecule has 0 aliphatic heterocycles. The van der Waals surface area contributed by atoms with Crippen molar-refractivity contribution in [2.45, 2.75) is 6.42 Å². The van der Waals surface area contributed by atoms with E-state index in [1.807, 2.05) is 25.4 Å². The van der Waals surface area contributed by atoms with Gasteiger partial charge in [0.2, 0.25) is 5.95 Å². The molecule has 0 aliphatic rings. The number of para-hydroxylation sites is 1. The van der Waals surface area contributed by atoms with Crippen molar-refractivity contribution in [2.24, 2.45) is 7.05 Å². The first-order valence-electron chi connectivity index (χ1n) is 6.63. The minimum absolute atomic E-state index is 0.0988. The van der Waals surface area contributed by atoms with Gasteiger partial charge in [0.15, 0.2) is 0 Å². The van der Waals surface area contributed by atoms with Crippen molar-refractivity contribution in [1.29, 1.82) is 0 Å². The Morgan fingerprint density at radius 3 is 2.73 bits per heavy atom. The summed E-state index contributed by atoms with van der Waals surface area (Å²) in [5.74, 6) is 0.346. The average Bonchev–Trinajstić information content (AvgIpc) is 2.81. The number of aromatic nitrogens is 4. The molecule has 3 rings (SSSR count). The number of hydrogen-bond acceptors (Lipinski definition) is 5. The molecular weight excluding hydrogens is 302 g/mol. The summed E-state index contributed by atoms with van der Waals surface area (Å²) in [6, 6.07) is 8.81. The maximum absolute atomic E-state index is 9.93. The van der Waals surface area contributed by atoms with Gasteiger partial charge in [0.1, 0.15) is 16.6 Å². The molecule has 22 heavy (non-hydrogen) atoms. The van der Waals surface area contributed by atoms with Gasteiger partial charge in [0.25, 0.3) is 0 Å². The van der Waals surface area contributed by atoms with Crippen LogP contribution >= 0.6 is 11.6 Å². The van der Waals surface area contributed by atoms with Crippen molar-refractivity contribution in [3.8, 4) is 17.1 Å². The number of aryl methyl sites for hydroxylation is 1. The highest BCUT2D eigenvalue weighted by Gasteiger charge is 2.15. The van der Waals surface area contributed by atoms with Crippen LogP contribution in [0.25, 0.3) is 11.4 Å². The molecule has 3 N–H and O–H groups in total. The van der Waals surface area contributed by atoms with E-state index in [9.17, 15) is 5.11 Å². The molecule has 112 valence electrons. The van der Waals surface area contributed by atoms with Crippen LogP contribution in [-0.4, -0.2) is 24.9 Å². The molecule has 0 amide bonds. The molecule has 0 radical (unpaired) electrons. The molecule has 2 aromatic heterocycles. The highest BCUT2D eigenvalue weighted by Crippen LogP contribution is 2.27. The van der Waals surface area contributed by atoms with Gasteiger partial charge in [-0.2, -0.15) is 5.10 Å². The van der Waals surface area contributed by atoms with Gasteiger partial charge in [0.05, 0.1) is 5.69 Å². The second kappa shape index (κ2) is 5.65. The fourth-order valence-electron chi connectivity index (χ4n) is 2.30. The van der Waals surface area contributed by atoms with Crippen LogP contribution in [0.2, 0.25) is 5.15 Å². The SMILES string of the molecule is Cn1cc(Cc2ccccc2O)c(-c2cc(Cl)nc(N)n2)n1. The van der Waals surface area contributed by atoms with Crippen LogP contribution in [0.1, 0.15) is 11.1 Å². The molecule has 7 heteroatoms. The predicted molar refractivity (Wildman–Crippen MR) is 84.6 cm³/mol. The van der Waals surface area contributed by atoms with Crippen molar-refractivity contribution in [3.05, 3.63) is 52.8 Å². The Kier molecular flexibility index (Phi) is 3.68. The molecule has 0 aliphatic carbocycles. The van der Waals surface area contributed by atoms with E-state index in [1.165, 1.54) is 0 Å². The second-order valence-corrected chi connectivity index (χ2v) is 5.30. The van der Waals surface area contributed by atoms with Gasteiger partial charge in [0, 0.05) is 31.3 Å². The number of anilines is 1. The third-order valence-corrected chi connectivity index (χ3v) is 3.43. The zero-order valence-electron chi connectivity index (χ0n) is 11.9.